The zero-order chi connectivity index (χ0) is 22.9. The summed E-state index contributed by atoms with van der Waals surface area (Å²) >= 11 is 0. The first-order valence-corrected chi connectivity index (χ1v) is 11.0. The van der Waals surface area contributed by atoms with Gasteiger partial charge in [-0.05, 0) is 62.6 Å². The molecule has 3 aromatic rings. The van der Waals surface area contributed by atoms with Crippen molar-refractivity contribution in [3.05, 3.63) is 76.4 Å². The number of nitrogens with zero attached hydrogens (tertiary/aromatic N) is 5. The van der Waals surface area contributed by atoms with Gasteiger partial charge in [-0.2, -0.15) is 5.10 Å². The SMILES string of the molecule is Cc1c(Cc2ccc(F)cc2)nnc(N2CCN(c3ccc(C(C)(C)O)cn3)CC2)c1C. The van der Waals surface area contributed by atoms with Gasteiger partial charge in [-0.15, -0.1) is 5.10 Å². The van der Waals surface area contributed by atoms with Crippen molar-refractivity contribution in [1.29, 1.82) is 0 Å². The van der Waals surface area contributed by atoms with E-state index in [1.54, 1.807) is 32.2 Å². The lowest BCUT2D eigenvalue weighted by Gasteiger charge is -2.36. The Morgan fingerprint density at radius 1 is 0.906 bits per heavy atom. The van der Waals surface area contributed by atoms with Crippen molar-refractivity contribution in [3.8, 4) is 0 Å². The van der Waals surface area contributed by atoms with Gasteiger partial charge in [0.05, 0.1) is 11.3 Å². The van der Waals surface area contributed by atoms with E-state index in [1.165, 1.54) is 12.1 Å². The fourth-order valence-corrected chi connectivity index (χ4v) is 3.99. The van der Waals surface area contributed by atoms with E-state index >= 15 is 0 Å². The molecule has 0 spiro atoms. The van der Waals surface area contributed by atoms with Crippen LogP contribution in [0.2, 0.25) is 0 Å². The molecule has 0 saturated carbocycles. The number of halogens is 1. The summed E-state index contributed by atoms with van der Waals surface area (Å²) in [4.78, 5) is 9.08. The minimum Gasteiger partial charge on any atom is -0.386 e. The largest absolute Gasteiger partial charge is 0.386 e. The normalized spacial score (nSPS) is 14.7. The van der Waals surface area contributed by atoms with Crippen molar-refractivity contribution < 1.29 is 9.50 Å². The van der Waals surface area contributed by atoms with Crippen LogP contribution in [0.3, 0.4) is 0 Å². The Balaban J connectivity index is 1.43. The highest BCUT2D eigenvalue weighted by Crippen LogP contribution is 2.26. The lowest BCUT2D eigenvalue weighted by molar-refractivity contribution is 0.0782. The van der Waals surface area contributed by atoms with Gasteiger partial charge in [-0.3, -0.25) is 0 Å². The monoisotopic (exact) mass is 435 g/mol. The summed E-state index contributed by atoms with van der Waals surface area (Å²) in [5, 5.41) is 19.2. The van der Waals surface area contributed by atoms with Crippen LogP contribution in [0.25, 0.3) is 0 Å². The number of hydrogen-bond acceptors (Lipinski definition) is 6. The van der Waals surface area contributed by atoms with Crippen LogP contribution in [0.15, 0.2) is 42.6 Å². The quantitative estimate of drug-likeness (QED) is 0.658. The van der Waals surface area contributed by atoms with Gasteiger partial charge >= 0.3 is 0 Å². The van der Waals surface area contributed by atoms with Gasteiger partial charge in [-0.1, -0.05) is 18.2 Å². The molecule has 1 N–H and O–H groups in total. The molecule has 7 heteroatoms. The first kappa shape index (κ1) is 22.1. The van der Waals surface area contributed by atoms with Crippen molar-refractivity contribution in [2.75, 3.05) is 36.0 Å². The molecule has 4 rings (SSSR count). The van der Waals surface area contributed by atoms with Gasteiger partial charge in [-0.25, -0.2) is 9.37 Å². The number of hydrogen-bond donors (Lipinski definition) is 1. The van der Waals surface area contributed by atoms with Crippen LogP contribution in [0.4, 0.5) is 16.0 Å². The Hall–Kier alpha value is -3.06. The maximum Gasteiger partial charge on any atom is 0.154 e. The van der Waals surface area contributed by atoms with Crippen LogP contribution < -0.4 is 9.80 Å². The Morgan fingerprint density at radius 2 is 1.56 bits per heavy atom. The molecule has 0 bridgehead atoms. The third-order valence-electron chi connectivity index (χ3n) is 6.24. The first-order valence-electron chi connectivity index (χ1n) is 11.0. The van der Waals surface area contributed by atoms with Gasteiger partial charge in [0.25, 0.3) is 0 Å². The molecular formula is C25H30FN5O. The number of piperazine rings is 1. The van der Waals surface area contributed by atoms with E-state index in [9.17, 15) is 9.50 Å². The molecule has 1 saturated heterocycles. The highest BCUT2D eigenvalue weighted by Gasteiger charge is 2.23. The lowest BCUT2D eigenvalue weighted by Crippen LogP contribution is -2.47. The molecule has 0 amide bonds. The molecule has 3 heterocycles. The van der Waals surface area contributed by atoms with E-state index < -0.39 is 5.60 Å². The second-order valence-electron chi connectivity index (χ2n) is 8.96. The first-order chi connectivity index (χ1) is 15.2. The Labute approximate surface area is 188 Å². The van der Waals surface area contributed by atoms with Crippen LogP contribution in [0.1, 0.15) is 41.8 Å². The number of pyridine rings is 1. The van der Waals surface area contributed by atoms with E-state index in [4.69, 9.17) is 0 Å². The molecule has 0 radical (unpaired) electrons. The van der Waals surface area contributed by atoms with Crippen molar-refractivity contribution in [1.82, 2.24) is 15.2 Å². The maximum atomic E-state index is 13.2. The smallest absolute Gasteiger partial charge is 0.154 e. The molecule has 32 heavy (non-hydrogen) atoms. The van der Waals surface area contributed by atoms with Crippen molar-refractivity contribution in [2.45, 2.75) is 39.7 Å². The van der Waals surface area contributed by atoms with Gasteiger partial charge in [0.15, 0.2) is 5.82 Å². The molecule has 0 aliphatic carbocycles. The Morgan fingerprint density at radius 3 is 2.16 bits per heavy atom. The van der Waals surface area contributed by atoms with Gasteiger partial charge < -0.3 is 14.9 Å². The molecule has 2 aromatic heterocycles. The molecule has 1 aliphatic heterocycles. The molecule has 1 aromatic carbocycles. The third kappa shape index (κ3) is 4.72. The summed E-state index contributed by atoms with van der Waals surface area (Å²) in [7, 11) is 0. The van der Waals surface area contributed by atoms with E-state index in [1.807, 2.05) is 12.1 Å². The summed E-state index contributed by atoms with van der Waals surface area (Å²) < 4.78 is 13.2. The number of rotatable bonds is 5. The van der Waals surface area contributed by atoms with E-state index in [2.05, 4.69) is 38.8 Å². The molecule has 0 unspecified atom stereocenters. The molecule has 168 valence electrons. The zero-order valence-electron chi connectivity index (χ0n) is 19.1. The number of anilines is 2. The summed E-state index contributed by atoms with van der Waals surface area (Å²) in [5.41, 5.74) is 4.13. The average Bonchev–Trinajstić information content (AvgIpc) is 2.78. The van der Waals surface area contributed by atoms with Crippen molar-refractivity contribution in [2.24, 2.45) is 0 Å². The van der Waals surface area contributed by atoms with Crippen LogP contribution in [0, 0.1) is 19.7 Å². The summed E-state index contributed by atoms with van der Waals surface area (Å²) in [6, 6.07) is 10.5. The molecule has 0 atom stereocenters. The van der Waals surface area contributed by atoms with Crippen molar-refractivity contribution in [3.63, 3.8) is 0 Å². The van der Waals surface area contributed by atoms with Crippen molar-refractivity contribution >= 4 is 11.6 Å². The molecule has 6 nitrogen and oxygen atoms in total. The average molecular weight is 436 g/mol. The highest BCUT2D eigenvalue weighted by molar-refractivity contribution is 5.52. The van der Waals surface area contributed by atoms with Crippen LogP contribution in [0.5, 0.6) is 0 Å². The summed E-state index contributed by atoms with van der Waals surface area (Å²) in [5.74, 6) is 1.62. The number of benzene rings is 1. The third-order valence-corrected chi connectivity index (χ3v) is 6.24. The Kier molecular flexibility index (Phi) is 6.11. The Bertz CT molecular complexity index is 1070. The van der Waals surface area contributed by atoms with Crippen LogP contribution >= 0.6 is 0 Å². The molecule has 1 aliphatic rings. The predicted octanol–water partition coefficient (Wildman–Crippen LogP) is 3.77. The lowest BCUT2D eigenvalue weighted by atomic mass is 10.0. The van der Waals surface area contributed by atoms with Gasteiger partial charge in [0.1, 0.15) is 11.6 Å². The van der Waals surface area contributed by atoms with Crippen LogP contribution in [-0.2, 0) is 12.0 Å². The standard InChI is InChI=1S/C25H30FN5O/c1-17-18(2)24(29-28-22(17)15-19-5-8-21(26)9-6-19)31-13-11-30(12-14-31)23-10-7-20(16-27-23)25(3,4)32/h5-10,16,32H,11-15H2,1-4H3. The number of aromatic nitrogens is 3. The van der Waals surface area contributed by atoms with E-state index in [-0.39, 0.29) is 5.82 Å². The van der Waals surface area contributed by atoms with Gasteiger partial charge in [0.2, 0.25) is 0 Å². The summed E-state index contributed by atoms with van der Waals surface area (Å²) in [6.07, 6.45) is 2.39. The van der Waals surface area contributed by atoms with E-state index in [0.29, 0.717) is 6.42 Å². The topological polar surface area (TPSA) is 65.4 Å². The minimum absolute atomic E-state index is 0.231. The zero-order valence-corrected chi connectivity index (χ0v) is 19.1. The minimum atomic E-state index is -0.888. The molecule has 1 fully saturated rings. The maximum absolute atomic E-state index is 13.2. The molecular weight excluding hydrogens is 405 g/mol. The number of aliphatic hydroxyl groups is 1. The fraction of sp³-hybridized carbons (Fsp3) is 0.400. The highest BCUT2D eigenvalue weighted by atomic mass is 19.1. The predicted molar refractivity (Wildman–Crippen MR) is 125 cm³/mol. The second-order valence-corrected chi connectivity index (χ2v) is 8.96. The van der Waals surface area contributed by atoms with E-state index in [0.717, 1.165) is 65.8 Å². The van der Waals surface area contributed by atoms with Gasteiger partial charge in [0, 0.05) is 44.4 Å². The summed E-state index contributed by atoms with van der Waals surface area (Å²) in [6.45, 7) is 11.0. The fourth-order valence-electron chi connectivity index (χ4n) is 3.99. The van der Waals surface area contributed by atoms with Crippen LogP contribution in [-0.4, -0.2) is 46.5 Å². The second kappa shape index (κ2) is 8.82.